The summed E-state index contributed by atoms with van der Waals surface area (Å²) in [6.07, 6.45) is 2.10. The van der Waals surface area contributed by atoms with Crippen LogP contribution in [-0.2, 0) is 6.54 Å². The number of anilines is 1. The number of halogens is 1. The summed E-state index contributed by atoms with van der Waals surface area (Å²) in [6, 6.07) is 15.4. The minimum absolute atomic E-state index is 0.279. The molecule has 1 saturated carbocycles. The van der Waals surface area contributed by atoms with Crippen molar-refractivity contribution in [3.8, 4) is 11.8 Å². The second-order valence-corrected chi connectivity index (χ2v) is 8.64. The van der Waals surface area contributed by atoms with Gasteiger partial charge in [0.1, 0.15) is 5.75 Å². The van der Waals surface area contributed by atoms with Crippen LogP contribution in [0.4, 0.5) is 5.82 Å². The largest absolute Gasteiger partial charge is 0.425 e. The average molecular weight is 455 g/mol. The molecule has 3 aromatic rings. The molecule has 2 aromatic carbocycles. The van der Waals surface area contributed by atoms with Crippen molar-refractivity contribution < 1.29 is 14.6 Å². The fourth-order valence-corrected chi connectivity index (χ4v) is 3.63. The molecule has 1 aromatic heterocycles. The maximum atomic E-state index is 13.1. The number of imidazole rings is 1. The first-order valence-corrected chi connectivity index (χ1v) is 11.0. The molecule has 1 amide bonds. The summed E-state index contributed by atoms with van der Waals surface area (Å²) in [6.45, 7) is 2.75. The average Bonchev–Trinajstić information content (AvgIpc) is 3.40. The van der Waals surface area contributed by atoms with E-state index in [4.69, 9.17) is 16.3 Å². The van der Waals surface area contributed by atoms with Gasteiger partial charge in [-0.05, 0) is 61.6 Å². The number of rotatable bonds is 9. The SMILES string of the molecule is CNc1nc(Oc2cccc(C)c2)n(Cc2ccc(Cl)cc2)c1C(=O)NCCC1(O)CC1. The molecule has 1 aliphatic rings. The van der Waals surface area contributed by atoms with Crippen LogP contribution in [0.5, 0.6) is 11.8 Å². The molecular weight excluding hydrogens is 428 g/mol. The minimum Gasteiger partial charge on any atom is -0.425 e. The maximum Gasteiger partial charge on any atom is 0.304 e. The number of nitrogens with one attached hydrogen (secondary N) is 2. The molecule has 0 spiro atoms. The molecule has 8 heteroatoms. The number of hydrogen-bond donors (Lipinski definition) is 3. The Labute approximate surface area is 192 Å². The summed E-state index contributed by atoms with van der Waals surface area (Å²) in [5, 5.41) is 16.6. The van der Waals surface area contributed by atoms with E-state index in [-0.39, 0.29) is 5.91 Å². The van der Waals surface area contributed by atoms with Crippen LogP contribution in [0, 0.1) is 6.92 Å². The molecule has 32 heavy (non-hydrogen) atoms. The second-order valence-electron chi connectivity index (χ2n) is 8.20. The van der Waals surface area contributed by atoms with Crippen molar-refractivity contribution in [1.29, 1.82) is 0 Å². The molecule has 0 atom stereocenters. The standard InChI is InChI=1S/C24H27ClN4O3/c1-16-4-3-5-19(14-16)32-23-28-21(26-2)20(22(30)27-13-12-24(31)10-11-24)29(23)15-17-6-8-18(25)9-7-17/h3-9,14,26,31H,10-13,15H2,1-2H3,(H,27,30). The summed E-state index contributed by atoms with van der Waals surface area (Å²) in [5.41, 5.74) is 1.75. The summed E-state index contributed by atoms with van der Waals surface area (Å²) >= 11 is 6.04. The molecule has 0 bridgehead atoms. The van der Waals surface area contributed by atoms with E-state index < -0.39 is 5.60 Å². The number of aliphatic hydroxyl groups is 1. The number of nitrogens with zero attached hydrogens (tertiary/aromatic N) is 2. The highest BCUT2D eigenvalue weighted by molar-refractivity contribution is 6.30. The van der Waals surface area contributed by atoms with Crippen LogP contribution in [0.1, 0.15) is 40.9 Å². The number of benzene rings is 2. The lowest BCUT2D eigenvalue weighted by atomic mass is 10.2. The molecule has 0 unspecified atom stereocenters. The molecule has 1 aliphatic carbocycles. The van der Waals surface area contributed by atoms with Crippen LogP contribution in [-0.4, -0.2) is 39.8 Å². The number of ether oxygens (including phenoxy) is 1. The minimum atomic E-state index is -0.623. The molecule has 1 fully saturated rings. The van der Waals surface area contributed by atoms with Gasteiger partial charge in [-0.25, -0.2) is 0 Å². The third-order valence-electron chi connectivity index (χ3n) is 5.54. The Morgan fingerprint density at radius 2 is 2.00 bits per heavy atom. The van der Waals surface area contributed by atoms with E-state index in [2.05, 4.69) is 15.6 Å². The number of hydrogen-bond acceptors (Lipinski definition) is 5. The zero-order chi connectivity index (χ0) is 22.7. The van der Waals surface area contributed by atoms with Gasteiger partial charge in [-0.15, -0.1) is 0 Å². The van der Waals surface area contributed by atoms with Crippen molar-refractivity contribution in [2.75, 3.05) is 18.9 Å². The van der Waals surface area contributed by atoms with Crippen molar-refractivity contribution in [2.24, 2.45) is 0 Å². The van der Waals surface area contributed by atoms with Gasteiger partial charge in [0.15, 0.2) is 11.5 Å². The first-order valence-electron chi connectivity index (χ1n) is 10.6. The molecule has 3 N–H and O–H groups in total. The first kappa shape index (κ1) is 22.2. The van der Waals surface area contributed by atoms with Gasteiger partial charge in [-0.3, -0.25) is 9.36 Å². The van der Waals surface area contributed by atoms with Gasteiger partial charge in [-0.2, -0.15) is 4.98 Å². The Hall–Kier alpha value is -3.03. The summed E-state index contributed by atoms with van der Waals surface area (Å²) in [4.78, 5) is 17.7. The van der Waals surface area contributed by atoms with E-state index in [1.54, 1.807) is 11.6 Å². The zero-order valence-corrected chi connectivity index (χ0v) is 18.9. The number of aryl methyl sites for hydroxylation is 1. The zero-order valence-electron chi connectivity index (χ0n) is 18.2. The maximum absolute atomic E-state index is 13.1. The van der Waals surface area contributed by atoms with Crippen LogP contribution in [0.25, 0.3) is 0 Å². The van der Waals surface area contributed by atoms with E-state index in [9.17, 15) is 9.90 Å². The van der Waals surface area contributed by atoms with E-state index in [0.717, 1.165) is 24.0 Å². The monoisotopic (exact) mass is 454 g/mol. The van der Waals surface area contributed by atoms with Crippen LogP contribution >= 0.6 is 11.6 Å². The normalized spacial score (nSPS) is 14.1. The van der Waals surface area contributed by atoms with Gasteiger partial charge in [-0.1, -0.05) is 35.9 Å². The predicted molar refractivity (Wildman–Crippen MR) is 125 cm³/mol. The van der Waals surface area contributed by atoms with Gasteiger partial charge in [0.25, 0.3) is 5.91 Å². The van der Waals surface area contributed by atoms with E-state index in [0.29, 0.717) is 47.8 Å². The molecular formula is C24H27ClN4O3. The van der Waals surface area contributed by atoms with E-state index in [1.807, 2.05) is 55.5 Å². The van der Waals surface area contributed by atoms with Crippen LogP contribution < -0.4 is 15.4 Å². The van der Waals surface area contributed by atoms with Crippen molar-refractivity contribution in [1.82, 2.24) is 14.9 Å². The molecule has 0 aliphatic heterocycles. The second kappa shape index (κ2) is 9.22. The quantitative estimate of drug-likeness (QED) is 0.446. The van der Waals surface area contributed by atoms with Gasteiger partial charge in [0.2, 0.25) is 0 Å². The Balaban J connectivity index is 1.66. The highest BCUT2D eigenvalue weighted by Crippen LogP contribution is 2.37. The molecule has 0 radical (unpaired) electrons. The number of carbonyl (C=O) groups excluding carboxylic acids is 1. The van der Waals surface area contributed by atoms with Crippen molar-refractivity contribution in [2.45, 2.75) is 38.3 Å². The summed E-state index contributed by atoms with van der Waals surface area (Å²) in [7, 11) is 1.72. The fraction of sp³-hybridized carbons (Fsp3) is 0.333. The predicted octanol–water partition coefficient (Wildman–Crippen LogP) is 4.37. The Kier molecular flexibility index (Phi) is 6.39. The fourth-order valence-electron chi connectivity index (χ4n) is 3.50. The third kappa shape index (κ3) is 5.23. The molecule has 1 heterocycles. The Morgan fingerprint density at radius 1 is 1.25 bits per heavy atom. The molecule has 4 rings (SSSR count). The van der Waals surface area contributed by atoms with E-state index in [1.165, 1.54) is 0 Å². The lowest BCUT2D eigenvalue weighted by molar-refractivity contribution is 0.0927. The first-order chi connectivity index (χ1) is 15.4. The third-order valence-corrected chi connectivity index (χ3v) is 5.79. The van der Waals surface area contributed by atoms with Crippen LogP contribution in [0.2, 0.25) is 5.02 Å². The number of carbonyl (C=O) groups is 1. The van der Waals surface area contributed by atoms with Gasteiger partial charge in [0, 0.05) is 18.6 Å². The topological polar surface area (TPSA) is 88.4 Å². The highest BCUT2D eigenvalue weighted by Gasteiger charge is 2.39. The summed E-state index contributed by atoms with van der Waals surface area (Å²) in [5.74, 6) is 0.779. The van der Waals surface area contributed by atoms with Crippen molar-refractivity contribution >= 4 is 23.3 Å². The molecule has 168 valence electrons. The van der Waals surface area contributed by atoms with Crippen LogP contribution in [0.3, 0.4) is 0 Å². The highest BCUT2D eigenvalue weighted by atomic mass is 35.5. The summed E-state index contributed by atoms with van der Waals surface area (Å²) < 4.78 is 7.84. The lowest BCUT2D eigenvalue weighted by Crippen LogP contribution is -2.30. The Morgan fingerprint density at radius 3 is 2.66 bits per heavy atom. The number of aromatic nitrogens is 2. The Bertz CT molecular complexity index is 1110. The van der Waals surface area contributed by atoms with Crippen LogP contribution in [0.15, 0.2) is 48.5 Å². The van der Waals surface area contributed by atoms with Gasteiger partial charge >= 0.3 is 6.01 Å². The van der Waals surface area contributed by atoms with Gasteiger partial charge in [0.05, 0.1) is 12.1 Å². The van der Waals surface area contributed by atoms with Crippen molar-refractivity contribution in [3.05, 3.63) is 70.4 Å². The van der Waals surface area contributed by atoms with E-state index >= 15 is 0 Å². The van der Waals surface area contributed by atoms with Gasteiger partial charge < -0.3 is 20.5 Å². The lowest BCUT2D eigenvalue weighted by Gasteiger charge is -2.14. The molecule has 0 saturated heterocycles. The number of amides is 1. The van der Waals surface area contributed by atoms with Crippen molar-refractivity contribution in [3.63, 3.8) is 0 Å². The smallest absolute Gasteiger partial charge is 0.304 e. The molecule has 7 nitrogen and oxygen atoms in total.